The second-order valence-electron chi connectivity index (χ2n) is 8.69. The van der Waals surface area contributed by atoms with Gasteiger partial charge in [0.2, 0.25) is 0 Å². The SMILES string of the molecule is Cc1cccc(N2CCN(CCNC(=O)c3ccc4nc(C(C)C)oc4c3)CC2)c1C. The van der Waals surface area contributed by atoms with E-state index < -0.39 is 0 Å². The zero-order valence-corrected chi connectivity index (χ0v) is 18.9. The molecule has 1 aromatic heterocycles. The van der Waals surface area contributed by atoms with E-state index in [1.54, 1.807) is 6.07 Å². The fraction of sp³-hybridized carbons (Fsp3) is 0.440. The van der Waals surface area contributed by atoms with Gasteiger partial charge in [0, 0.05) is 56.4 Å². The molecule has 0 aliphatic carbocycles. The average molecular weight is 421 g/mol. The van der Waals surface area contributed by atoms with Crippen LogP contribution < -0.4 is 10.2 Å². The molecule has 1 aliphatic rings. The molecule has 0 saturated carbocycles. The highest BCUT2D eigenvalue weighted by atomic mass is 16.3. The lowest BCUT2D eigenvalue weighted by Crippen LogP contribution is -2.48. The summed E-state index contributed by atoms with van der Waals surface area (Å²) in [5.74, 6) is 0.853. The lowest BCUT2D eigenvalue weighted by Gasteiger charge is -2.37. The number of hydrogen-bond acceptors (Lipinski definition) is 5. The first kappa shape index (κ1) is 21.4. The van der Waals surface area contributed by atoms with Crippen LogP contribution in [0.3, 0.4) is 0 Å². The van der Waals surface area contributed by atoms with E-state index in [4.69, 9.17) is 4.42 Å². The number of oxazole rings is 1. The van der Waals surface area contributed by atoms with Crippen molar-refractivity contribution < 1.29 is 9.21 Å². The minimum atomic E-state index is -0.0709. The normalized spacial score (nSPS) is 15.1. The summed E-state index contributed by atoms with van der Waals surface area (Å²) in [7, 11) is 0. The average Bonchev–Trinajstić information content (AvgIpc) is 3.20. The maximum atomic E-state index is 12.6. The molecule has 2 heterocycles. The van der Waals surface area contributed by atoms with Crippen LogP contribution in [0.5, 0.6) is 0 Å². The third-order valence-corrected chi connectivity index (χ3v) is 6.16. The van der Waals surface area contributed by atoms with Gasteiger partial charge in [-0.25, -0.2) is 4.98 Å². The molecule has 4 rings (SSSR count). The van der Waals surface area contributed by atoms with Crippen molar-refractivity contribution in [3.63, 3.8) is 0 Å². The molecule has 0 atom stereocenters. The standard InChI is InChI=1S/C25H32N4O2/c1-17(2)25-27-21-9-8-20(16-23(21)31-25)24(30)26-10-11-28-12-14-29(15-13-28)22-7-5-6-18(3)19(22)4/h5-9,16-17H,10-15H2,1-4H3,(H,26,30). The summed E-state index contributed by atoms with van der Waals surface area (Å²) in [4.78, 5) is 21.9. The molecule has 31 heavy (non-hydrogen) atoms. The first-order valence-corrected chi connectivity index (χ1v) is 11.1. The van der Waals surface area contributed by atoms with Crippen LogP contribution in [0.4, 0.5) is 5.69 Å². The Kier molecular flexibility index (Phi) is 6.28. The molecule has 1 amide bonds. The van der Waals surface area contributed by atoms with Crippen molar-refractivity contribution in [2.45, 2.75) is 33.6 Å². The molecular weight excluding hydrogens is 388 g/mol. The van der Waals surface area contributed by atoms with Crippen LogP contribution in [0.2, 0.25) is 0 Å². The van der Waals surface area contributed by atoms with Crippen molar-refractivity contribution in [1.29, 1.82) is 0 Å². The molecule has 164 valence electrons. The first-order chi connectivity index (χ1) is 14.9. The highest BCUT2D eigenvalue weighted by Gasteiger charge is 2.19. The lowest BCUT2D eigenvalue weighted by molar-refractivity contribution is 0.0948. The summed E-state index contributed by atoms with van der Waals surface area (Å²) in [6.45, 7) is 14.0. The number of aryl methyl sites for hydroxylation is 1. The van der Waals surface area contributed by atoms with Crippen LogP contribution in [0.1, 0.15) is 47.1 Å². The van der Waals surface area contributed by atoms with Crippen LogP contribution in [0.15, 0.2) is 40.8 Å². The number of carbonyl (C=O) groups is 1. The van der Waals surface area contributed by atoms with Gasteiger partial charge in [0.05, 0.1) is 0 Å². The van der Waals surface area contributed by atoms with E-state index >= 15 is 0 Å². The summed E-state index contributed by atoms with van der Waals surface area (Å²) < 4.78 is 5.78. The van der Waals surface area contributed by atoms with Gasteiger partial charge in [-0.1, -0.05) is 26.0 Å². The fourth-order valence-electron chi connectivity index (χ4n) is 4.05. The molecule has 1 N–H and O–H groups in total. The third-order valence-electron chi connectivity index (χ3n) is 6.16. The Balaban J connectivity index is 1.27. The summed E-state index contributed by atoms with van der Waals surface area (Å²) in [5.41, 5.74) is 6.12. The Hall–Kier alpha value is -2.86. The van der Waals surface area contributed by atoms with Gasteiger partial charge in [-0.2, -0.15) is 0 Å². The van der Waals surface area contributed by atoms with Gasteiger partial charge in [-0.15, -0.1) is 0 Å². The van der Waals surface area contributed by atoms with Gasteiger partial charge in [-0.05, 0) is 49.2 Å². The highest BCUT2D eigenvalue weighted by Crippen LogP contribution is 2.24. The minimum Gasteiger partial charge on any atom is -0.440 e. The molecule has 3 aromatic rings. The van der Waals surface area contributed by atoms with Crippen molar-refractivity contribution in [2.24, 2.45) is 0 Å². The minimum absolute atomic E-state index is 0.0709. The van der Waals surface area contributed by atoms with Gasteiger partial charge in [-0.3, -0.25) is 9.69 Å². The third kappa shape index (κ3) is 4.74. The molecule has 1 fully saturated rings. The van der Waals surface area contributed by atoms with Gasteiger partial charge in [0.1, 0.15) is 5.52 Å². The molecule has 6 heteroatoms. The van der Waals surface area contributed by atoms with E-state index in [1.165, 1.54) is 16.8 Å². The van der Waals surface area contributed by atoms with Crippen molar-refractivity contribution in [3.8, 4) is 0 Å². The van der Waals surface area contributed by atoms with Crippen molar-refractivity contribution in [1.82, 2.24) is 15.2 Å². The van der Waals surface area contributed by atoms with Gasteiger partial charge in [0.25, 0.3) is 5.91 Å². The Morgan fingerprint density at radius 2 is 1.90 bits per heavy atom. The summed E-state index contributed by atoms with van der Waals surface area (Å²) in [5, 5.41) is 3.04. The lowest BCUT2D eigenvalue weighted by atomic mass is 10.1. The predicted octanol–water partition coefficient (Wildman–Crippen LogP) is 4.12. The summed E-state index contributed by atoms with van der Waals surface area (Å²) >= 11 is 0. The van der Waals surface area contributed by atoms with Crippen molar-refractivity contribution >= 4 is 22.7 Å². The Morgan fingerprint density at radius 3 is 2.65 bits per heavy atom. The number of benzene rings is 2. The Morgan fingerprint density at radius 1 is 1.13 bits per heavy atom. The molecule has 0 unspecified atom stereocenters. The van der Waals surface area contributed by atoms with E-state index in [1.807, 2.05) is 26.0 Å². The highest BCUT2D eigenvalue weighted by molar-refractivity contribution is 5.97. The van der Waals surface area contributed by atoms with Crippen LogP contribution in [0.25, 0.3) is 11.1 Å². The van der Waals surface area contributed by atoms with Crippen LogP contribution in [0, 0.1) is 13.8 Å². The van der Waals surface area contributed by atoms with Crippen LogP contribution in [-0.4, -0.2) is 55.1 Å². The van der Waals surface area contributed by atoms with Crippen LogP contribution >= 0.6 is 0 Å². The Labute approximate surface area is 184 Å². The molecule has 2 aromatic carbocycles. The zero-order chi connectivity index (χ0) is 22.0. The number of piperazine rings is 1. The number of anilines is 1. The fourth-order valence-corrected chi connectivity index (χ4v) is 4.05. The van der Waals surface area contributed by atoms with Gasteiger partial charge < -0.3 is 14.6 Å². The van der Waals surface area contributed by atoms with E-state index in [2.05, 4.69) is 52.1 Å². The van der Waals surface area contributed by atoms with E-state index in [0.29, 0.717) is 23.6 Å². The molecule has 6 nitrogen and oxygen atoms in total. The van der Waals surface area contributed by atoms with E-state index in [9.17, 15) is 4.79 Å². The number of hydrogen-bond donors (Lipinski definition) is 1. The second-order valence-corrected chi connectivity index (χ2v) is 8.69. The number of aromatic nitrogens is 1. The van der Waals surface area contributed by atoms with Crippen molar-refractivity contribution in [2.75, 3.05) is 44.2 Å². The van der Waals surface area contributed by atoms with E-state index in [-0.39, 0.29) is 11.8 Å². The van der Waals surface area contributed by atoms with Crippen molar-refractivity contribution in [3.05, 3.63) is 59.0 Å². The second kappa shape index (κ2) is 9.10. The molecule has 0 bridgehead atoms. The predicted molar refractivity (Wildman–Crippen MR) is 125 cm³/mol. The molecule has 1 aliphatic heterocycles. The number of fused-ring (bicyclic) bond motifs is 1. The summed E-state index contributed by atoms with van der Waals surface area (Å²) in [6.07, 6.45) is 0. The smallest absolute Gasteiger partial charge is 0.251 e. The molecule has 0 spiro atoms. The number of carbonyl (C=O) groups excluding carboxylic acids is 1. The maximum Gasteiger partial charge on any atom is 0.251 e. The quantitative estimate of drug-likeness (QED) is 0.650. The topological polar surface area (TPSA) is 61.6 Å². The Bertz CT molecular complexity index is 1060. The monoisotopic (exact) mass is 420 g/mol. The number of nitrogens with one attached hydrogen (secondary N) is 1. The number of rotatable bonds is 6. The maximum absolute atomic E-state index is 12.6. The van der Waals surface area contributed by atoms with Crippen LogP contribution in [-0.2, 0) is 0 Å². The molecule has 1 saturated heterocycles. The first-order valence-electron chi connectivity index (χ1n) is 11.1. The van der Waals surface area contributed by atoms with Gasteiger partial charge >= 0.3 is 0 Å². The van der Waals surface area contributed by atoms with Gasteiger partial charge in [0.15, 0.2) is 11.5 Å². The number of amides is 1. The number of nitrogens with zero attached hydrogens (tertiary/aromatic N) is 3. The largest absolute Gasteiger partial charge is 0.440 e. The zero-order valence-electron chi connectivity index (χ0n) is 18.9. The molecular formula is C25H32N4O2. The van der Waals surface area contributed by atoms with E-state index in [0.717, 1.165) is 38.2 Å². The summed E-state index contributed by atoms with van der Waals surface area (Å²) in [6, 6.07) is 12.0. The molecule has 0 radical (unpaired) electrons.